The van der Waals surface area contributed by atoms with Gasteiger partial charge in [0.05, 0.1) is 12.5 Å². The first-order valence-electron chi connectivity index (χ1n) is 4.89. The van der Waals surface area contributed by atoms with Crippen LogP contribution in [0.3, 0.4) is 0 Å². The number of carbonyl (C=O) groups excluding carboxylic acids is 1. The molecule has 1 fully saturated rings. The lowest BCUT2D eigenvalue weighted by Crippen LogP contribution is -2.35. The third kappa shape index (κ3) is 1.73. The van der Waals surface area contributed by atoms with Gasteiger partial charge in [-0.2, -0.15) is 0 Å². The third-order valence-electron chi connectivity index (χ3n) is 2.75. The fourth-order valence-electron chi connectivity index (χ4n) is 1.76. The molecule has 0 N–H and O–H groups in total. The van der Waals surface area contributed by atoms with Crippen molar-refractivity contribution in [2.75, 3.05) is 6.61 Å². The summed E-state index contributed by atoms with van der Waals surface area (Å²) in [4.78, 5) is 11.9. The van der Waals surface area contributed by atoms with Crippen LogP contribution in [0.5, 0.6) is 0 Å². The summed E-state index contributed by atoms with van der Waals surface area (Å²) in [5.41, 5.74) is 0.365. The van der Waals surface area contributed by atoms with Crippen LogP contribution in [0.25, 0.3) is 0 Å². The lowest BCUT2D eigenvalue weighted by atomic mass is 9.93. The molecule has 14 heavy (non-hydrogen) atoms. The molecule has 0 amide bonds. The van der Waals surface area contributed by atoms with Gasteiger partial charge < -0.3 is 9.15 Å². The average molecular weight is 194 g/mol. The van der Waals surface area contributed by atoms with Crippen molar-refractivity contribution in [3.8, 4) is 0 Å². The van der Waals surface area contributed by atoms with Crippen LogP contribution < -0.4 is 0 Å². The summed E-state index contributed by atoms with van der Waals surface area (Å²) < 4.78 is 10.4. The Morgan fingerprint density at radius 2 is 2.50 bits per heavy atom. The summed E-state index contributed by atoms with van der Waals surface area (Å²) in [6.45, 7) is 2.58. The van der Waals surface area contributed by atoms with Gasteiger partial charge in [-0.05, 0) is 31.4 Å². The van der Waals surface area contributed by atoms with E-state index in [9.17, 15) is 4.79 Å². The molecule has 1 aromatic heterocycles. The number of carbonyl (C=O) groups is 1. The quantitative estimate of drug-likeness (QED) is 0.738. The van der Waals surface area contributed by atoms with Crippen LogP contribution in [0.15, 0.2) is 23.0 Å². The van der Waals surface area contributed by atoms with E-state index in [0.717, 1.165) is 18.4 Å². The molecule has 3 nitrogen and oxygen atoms in total. The molecule has 0 spiro atoms. The van der Waals surface area contributed by atoms with Crippen molar-refractivity contribution in [3.05, 3.63) is 24.2 Å². The highest BCUT2D eigenvalue weighted by molar-refractivity contribution is 5.88. The molecule has 0 radical (unpaired) electrons. The molecule has 0 aromatic carbocycles. The number of furan rings is 1. The summed E-state index contributed by atoms with van der Waals surface area (Å²) in [5.74, 6) is 0.149. The molecule has 2 heterocycles. The van der Waals surface area contributed by atoms with E-state index >= 15 is 0 Å². The van der Waals surface area contributed by atoms with Crippen molar-refractivity contribution in [1.82, 2.24) is 0 Å². The van der Waals surface area contributed by atoms with E-state index in [1.165, 1.54) is 0 Å². The summed E-state index contributed by atoms with van der Waals surface area (Å²) in [6, 6.07) is 1.82. The SMILES string of the molecule is CC1(C(=O)Cc2ccoc2)CCCO1. The fourth-order valence-corrected chi connectivity index (χ4v) is 1.76. The molecule has 1 saturated heterocycles. The van der Waals surface area contributed by atoms with Crippen molar-refractivity contribution in [3.63, 3.8) is 0 Å². The Labute approximate surface area is 83.0 Å². The Balaban J connectivity index is 2.02. The molecule has 1 aromatic rings. The van der Waals surface area contributed by atoms with Crippen LogP contribution in [-0.4, -0.2) is 18.0 Å². The van der Waals surface area contributed by atoms with Crippen molar-refractivity contribution in [2.45, 2.75) is 31.8 Å². The normalized spacial score (nSPS) is 26.6. The van der Waals surface area contributed by atoms with Gasteiger partial charge in [0.1, 0.15) is 5.60 Å². The van der Waals surface area contributed by atoms with E-state index in [-0.39, 0.29) is 5.78 Å². The first kappa shape index (κ1) is 9.46. The largest absolute Gasteiger partial charge is 0.472 e. The zero-order valence-electron chi connectivity index (χ0n) is 8.29. The molecule has 1 aliphatic rings. The predicted molar refractivity (Wildman–Crippen MR) is 51.0 cm³/mol. The molecule has 0 saturated carbocycles. The maximum atomic E-state index is 11.9. The van der Waals surface area contributed by atoms with E-state index in [0.29, 0.717) is 13.0 Å². The first-order chi connectivity index (χ1) is 6.71. The Kier molecular flexibility index (Phi) is 2.42. The van der Waals surface area contributed by atoms with Crippen LogP contribution in [-0.2, 0) is 16.0 Å². The maximum absolute atomic E-state index is 11.9. The Hall–Kier alpha value is -1.09. The minimum Gasteiger partial charge on any atom is -0.472 e. The third-order valence-corrected chi connectivity index (χ3v) is 2.75. The van der Waals surface area contributed by atoms with Gasteiger partial charge in [-0.1, -0.05) is 0 Å². The lowest BCUT2D eigenvalue weighted by Gasteiger charge is -2.20. The smallest absolute Gasteiger partial charge is 0.168 e. The highest BCUT2D eigenvalue weighted by atomic mass is 16.5. The van der Waals surface area contributed by atoms with E-state index in [1.54, 1.807) is 12.5 Å². The zero-order chi connectivity index (χ0) is 10.0. The van der Waals surface area contributed by atoms with Gasteiger partial charge in [0.25, 0.3) is 0 Å². The first-order valence-corrected chi connectivity index (χ1v) is 4.89. The molecule has 1 atom stereocenters. The van der Waals surface area contributed by atoms with E-state index < -0.39 is 5.60 Å². The van der Waals surface area contributed by atoms with Crippen molar-refractivity contribution >= 4 is 5.78 Å². The predicted octanol–water partition coefficient (Wildman–Crippen LogP) is 1.96. The number of ether oxygens (including phenoxy) is 1. The van der Waals surface area contributed by atoms with Crippen LogP contribution in [0, 0.1) is 0 Å². The molecule has 1 unspecified atom stereocenters. The number of Topliss-reactive ketones (excluding diaryl/α,β-unsaturated/α-hetero) is 1. The van der Waals surface area contributed by atoms with E-state index in [1.807, 2.05) is 13.0 Å². The lowest BCUT2D eigenvalue weighted by molar-refractivity contribution is -0.136. The Morgan fingerprint density at radius 3 is 3.07 bits per heavy atom. The number of hydrogen-bond acceptors (Lipinski definition) is 3. The Morgan fingerprint density at radius 1 is 1.64 bits per heavy atom. The zero-order valence-corrected chi connectivity index (χ0v) is 8.29. The molecule has 2 rings (SSSR count). The molecular formula is C11H14O3. The molecular weight excluding hydrogens is 180 g/mol. The van der Waals surface area contributed by atoms with Gasteiger partial charge in [-0.3, -0.25) is 4.79 Å². The summed E-state index contributed by atoms with van der Waals surface area (Å²) in [5, 5.41) is 0. The van der Waals surface area contributed by atoms with Crippen molar-refractivity contribution in [2.24, 2.45) is 0 Å². The van der Waals surface area contributed by atoms with Crippen LogP contribution in [0.2, 0.25) is 0 Å². The van der Waals surface area contributed by atoms with Crippen molar-refractivity contribution in [1.29, 1.82) is 0 Å². The van der Waals surface area contributed by atoms with Crippen molar-refractivity contribution < 1.29 is 13.9 Å². The van der Waals surface area contributed by atoms with Gasteiger partial charge in [0.2, 0.25) is 0 Å². The van der Waals surface area contributed by atoms with E-state index in [2.05, 4.69) is 0 Å². The van der Waals surface area contributed by atoms with Crippen LogP contribution in [0.1, 0.15) is 25.3 Å². The average Bonchev–Trinajstić information content (AvgIpc) is 2.76. The summed E-state index contributed by atoms with van der Waals surface area (Å²) in [6.07, 6.45) is 5.42. The molecule has 76 valence electrons. The van der Waals surface area contributed by atoms with E-state index in [4.69, 9.17) is 9.15 Å². The van der Waals surface area contributed by atoms with Crippen LogP contribution >= 0.6 is 0 Å². The number of ketones is 1. The standard InChI is InChI=1S/C11H14O3/c1-11(4-2-5-14-11)10(12)7-9-3-6-13-8-9/h3,6,8H,2,4-5,7H2,1H3. The highest BCUT2D eigenvalue weighted by Crippen LogP contribution is 2.27. The fraction of sp³-hybridized carbons (Fsp3) is 0.545. The molecule has 3 heteroatoms. The second-order valence-corrected chi connectivity index (χ2v) is 3.91. The van der Waals surface area contributed by atoms with Gasteiger partial charge in [0, 0.05) is 13.0 Å². The highest BCUT2D eigenvalue weighted by Gasteiger charge is 2.37. The van der Waals surface area contributed by atoms with Gasteiger partial charge in [-0.15, -0.1) is 0 Å². The minimum atomic E-state index is -0.558. The molecule has 0 bridgehead atoms. The number of rotatable bonds is 3. The second-order valence-electron chi connectivity index (χ2n) is 3.91. The number of hydrogen-bond donors (Lipinski definition) is 0. The minimum absolute atomic E-state index is 0.149. The topological polar surface area (TPSA) is 39.4 Å². The van der Waals surface area contributed by atoms with Gasteiger partial charge in [0.15, 0.2) is 5.78 Å². The Bertz CT molecular complexity index is 307. The van der Waals surface area contributed by atoms with Gasteiger partial charge >= 0.3 is 0 Å². The molecule has 0 aliphatic carbocycles. The van der Waals surface area contributed by atoms with Crippen LogP contribution in [0.4, 0.5) is 0 Å². The molecule has 1 aliphatic heterocycles. The second kappa shape index (κ2) is 3.58. The maximum Gasteiger partial charge on any atom is 0.168 e. The van der Waals surface area contributed by atoms with Gasteiger partial charge in [-0.25, -0.2) is 0 Å². The summed E-state index contributed by atoms with van der Waals surface area (Å²) >= 11 is 0. The monoisotopic (exact) mass is 194 g/mol. The summed E-state index contributed by atoms with van der Waals surface area (Å²) in [7, 11) is 0.